The standard InChI is InChI=1S/C19H14N2O3S/c1-23-14-8-6-13(7-9-14)21-11-16(20-19(21)25)15-10-12-4-2-3-5-17(12)24-18(15)22/h2-11H,1H3,(H,20,25). The molecule has 6 heteroatoms. The first-order valence-electron chi connectivity index (χ1n) is 7.65. The fraction of sp³-hybridized carbons (Fsp3) is 0.0526. The molecule has 4 aromatic rings. The molecule has 0 amide bonds. The van der Waals surface area contributed by atoms with Gasteiger partial charge in [0, 0.05) is 17.3 Å². The second-order valence-corrected chi connectivity index (χ2v) is 5.91. The summed E-state index contributed by atoms with van der Waals surface area (Å²) in [5, 5.41) is 0.855. The van der Waals surface area contributed by atoms with E-state index < -0.39 is 5.63 Å². The Morgan fingerprint density at radius 2 is 1.88 bits per heavy atom. The molecule has 2 aromatic heterocycles. The van der Waals surface area contributed by atoms with Gasteiger partial charge in [-0.1, -0.05) is 18.2 Å². The lowest BCUT2D eigenvalue weighted by Crippen LogP contribution is -2.02. The maximum Gasteiger partial charge on any atom is 0.345 e. The average Bonchev–Trinajstić information content (AvgIpc) is 3.02. The summed E-state index contributed by atoms with van der Waals surface area (Å²) in [6.07, 6.45) is 1.80. The Bertz CT molecular complexity index is 1170. The maximum absolute atomic E-state index is 12.3. The molecule has 0 radical (unpaired) electrons. The van der Waals surface area contributed by atoms with Gasteiger partial charge in [-0.2, -0.15) is 0 Å². The van der Waals surface area contributed by atoms with E-state index in [4.69, 9.17) is 21.4 Å². The monoisotopic (exact) mass is 350 g/mol. The first kappa shape index (κ1) is 15.4. The lowest BCUT2D eigenvalue weighted by molar-refractivity contribution is 0.414. The number of fused-ring (bicyclic) bond motifs is 1. The van der Waals surface area contributed by atoms with Crippen LogP contribution in [0.1, 0.15) is 0 Å². The molecule has 0 aliphatic rings. The van der Waals surface area contributed by atoms with Crippen molar-refractivity contribution in [2.24, 2.45) is 0 Å². The molecule has 2 heterocycles. The lowest BCUT2D eigenvalue weighted by Gasteiger charge is -2.04. The van der Waals surface area contributed by atoms with Gasteiger partial charge in [0.2, 0.25) is 0 Å². The number of nitrogens with zero attached hydrogens (tertiary/aromatic N) is 1. The van der Waals surface area contributed by atoms with Gasteiger partial charge >= 0.3 is 5.63 Å². The van der Waals surface area contributed by atoms with Crippen LogP contribution in [0, 0.1) is 4.77 Å². The molecule has 4 rings (SSSR count). The molecule has 0 unspecified atom stereocenters. The van der Waals surface area contributed by atoms with Crippen LogP contribution in [0.25, 0.3) is 27.9 Å². The molecule has 0 saturated heterocycles. The zero-order valence-electron chi connectivity index (χ0n) is 13.4. The van der Waals surface area contributed by atoms with Crippen LogP contribution in [-0.2, 0) is 0 Å². The first-order valence-corrected chi connectivity index (χ1v) is 8.06. The van der Waals surface area contributed by atoms with Crippen LogP contribution in [-0.4, -0.2) is 16.7 Å². The van der Waals surface area contributed by atoms with E-state index in [9.17, 15) is 4.79 Å². The van der Waals surface area contributed by atoms with E-state index in [1.165, 1.54) is 0 Å². The van der Waals surface area contributed by atoms with Gasteiger partial charge in [-0.25, -0.2) is 4.79 Å². The average molecular weight is 350 g/mol. The summed E-state index contributed by atoms with van der Waals surface area (Å²) in [5.74, 6) is 0.765. The van der Waals surface area contributed by atoms with Crippen molar-refractivity contribution >= 4 is 23.2 Å². The normalized spacial score (nSPS) is 10.9. The van der Waals surface area contributed by atoms with E-state index in [2.05, 4.69) is 4.98 Å². The number of nitrogens with one attached hydrogen (secondary N) is 1. The van der Waals surface area contributed by atoms with Gasteiger partial charge in [-0.05, 0) is 48.6 Å². The molecule has 25 heavy (non-hydrogen) atoms. The predicted molar refractivity (Wildman–Crippen MR) is 99.0 cm³/mol. The third kappa shape index (κ3) is 2.77. The number of hydrogen-bond donors (Lipinski definition) is 1. The summed E-state index contributed by atoms with van der Waals surface area (Å²) < 4.78 is 12.9. The summed E-state index contributed by atoms with van der Waals surface area (Å²) in [5.41, 5.74) is 2.08. The largest absolute Gasteiger partial charge is 0.497 e. The molecular weight excluding hydrogens is 336 g/mol. The Morgan fingerprint density at radius 1 is 1.12 bits per heavy atom. The van der Waals surface area contributed by atoms with Gasteiger partial charge in [0.05, 0.1) is 18.4 Å². The highest BCUT2D eigenvalue weighted by Gasteiger charge is 2.11. The van der Waals surface area contributed by atoms with Crippen LogP contribution in [0.15, 0.2) is 70.0 Å². The van der Waals surface area contributed by atoms with E-state index in [1.807, 2.05) is 42.5 Å². The van der Waals surface area contributed by atoms with Crippen molar-refractivity contribution in [1.29, 1.82) is 0 Å². The van der Waals surface area contributed by atoms with Crippen molar-refractivity contribution in [2.45, 2.75) is 0 Å². The van der Waals surface area contributed by atoms with Gasteiger partial charge in [0.1, 0.15) is 11.3 Å². The Morgan fingerprint density at radius 3 is 2.64 bits per heavy atom. The topological polar surface area (TPSA) is 60.2 Å². The fourth-order valence-electron chi connectivity index (χ4n) is 2.72. The van der Waals surface area contributed by atoms with Crippen LogP contribution in [0.3, 0.4) is 0 Å². The minimum atomic E-state index is -0.406. The van der Waals surface area contributed by atoms with Crippen molar-refractivity contribution in [3.8, 4) is 22.7 Å². The number of aromatic amines is 1. The number of H-pyrrole nitrogens is 1. The van der Waals surface area contributed by atoms with Crippen molar-refractivity contribution in [3.05, 3.63) is 76.0 Å². The maximum atomic E-state index is 12.3. The zero-order chi connectivity index (χ0) is 17.4. The molecule has 1 N–H and O–H groups in total. The number of methoxy groups -OCH3 is 1. The molecule has 0 spiro atoms. The quantitative estimate of drug-likeness (QED) is 0.442. The fourth-order valence-corrected chi connectivity index (χ4v) is 2.98. The SMILES string of the molecule is COc1ccc(-n2cc(-c3cc4ccccc4oc3=O)[nH]c2=S)cc1. The Hall–Kier alpha value is -3.12. The molecule has 0 bridgehead atoms. The van der Waals surface area contributed by atoms with Crippen LogP contribution >= 0.6 is 12.2 Å². The molecule has 2 aromatic carbocycles. The Balaban J connectivity index is 1.83. The Labute approximate surface area is 148 Å². The number of rotatable bonds is 3. The summed E-state index contributed by atoms with van der Waals surface area (Å²) in [4.78, 5) is 15.4. The van der Waals surface area contributed by atoms with Gasteiger partial charge in [0.15, 0.2) is 4.77 Å². The Kier molecular flexibility index (Phi) is 3.74. The summed E-state index contributed by atoms with van der Waals surface area (Å²) in [6, 6.07) is 16.7. The van der Waals surface area contributed by atoms with E-state index in [0.29, 0.717) is 21.6 Å². The summed E-state index contributed by atoms with van der Waals surface area (Å²) in [7, 11) is 1.62. The van der Waals surface area contributed by atoms with Gasteiger partial charge < -0.3 is 14.1 Å². The minimum Gasteiger partial charge on any atom is -0.497 e. The summed E-state index contributed by atoms with van der Waals surface area (Å²) >= 11 is 5.40. The van der Waals surface area contributed by atoms with Gasteiger partial charge in [-0.3, -0.25) is 4.57 Å². The third-order valence-electron chi connectivity index (χ3n) is 4.00. The number of hydrogen-bond acceptors (Lipinski definition) is 4. The number of para-hydroxylation sites is 1. The molecule has 0 saturated carbocycles. The highest BCUT2D eigenvalue weighted by molar-refractivity contribution is 7.71. The van der Waals surface area contributed by atoms with Crippen LogP contribution in [0.5, 0.6) is 5.75 Å². The van der Waals surface area contributed by atoms with E-state index >= 15 is 0 Å². The van der Waals surface area contributed by atoms with Gasteiger partial charge in [0.25, 0.3) is 0 Å². The van der Waals surface area contributed by atoms with E-state index in [-0.39, 0.29) is 0 Å². The van der Waals surface area contributed by atoms with Crippen molar-refractivity contribution < 1.29 is 9.15 Å². The lowest BCUT2D eigenvalue weighted by atomic mass is 10.1. The molecule has 0 aliphatic carbocycles. The molecule has 5 nitrogen and oxygen atoms in total. The van der Waals surface area contributed by atoms with E-state index in [0.717, 1.165) is 16.8 Å². The highest BCUT2D eigenvalue weighted by atomic mass is 32.1. The second-order valence-electron chi connectivity index (χ2n) is 5.53. The number of ether oxygens (including phenoxy) is 1. The smallest absolute Gasteiger partial charge is 0.345 e. The van der Waals surface area contributed by atoms with Gasteiger partial charge in [-0.15, -0.1) is 0 Å². The number of aromatic nitrogens is 2. The molecule has 0 fully saturated rings. The van der Waals surface area contributed by atoms with Crippen molar-refractivity contribution in [3.63, 3.8) is 0 Å². The first-order chi connectivity index (χ1) is 12.2. The van der Waals surface area contributed by atoms with Crippen LogP contribution in [0.2, 0.25) is 0 Å². The third-order valence-corrected chi connectivity index (χ3v) is 4.30. The van der Waals surface area contributed by atoms with Crippen LogP contribution in [0.4, 0.5) is 0 Å². The summed E-state index contributed by atoms with van der Waals surface area (Å²) in [6.45, 7) is 0. The zero-order valence-corrected chi connectivity index (χ0v) is 14.2. The van der Waals surface area contributed by atoms with Crippen molar-refractivity contribution in [2.75, 3.05) is 7.11 Å². The van der Waals surface area contributed by atoms with E-state index in [1.54, 1.807) is 30.0 Å². The van der Waals surface area contributed by atoms with Crippen LogP contribution < -0.4 is 10.4 Å². The molecule has 0 atom stereocenters. The molecule has 0 aliphatic heterocycles. The number of imidazole rings is 1. The highest BCUT2D eigenvalue weighted by Crippen LogP contribution is 2.22. The minimum absolute atomic E-state index is 0.406. The molecule has 124 valence electrons. The number of benzene rings is 2. The predicted octanol–water partition coefficient (Wildman–Crippen LogP) is 4.32. The second kappa shape index (κ2) is 6.07. The molecular formula is C19H14N2O3S. The van der Waals surface area contributed by atoms with Crippen molar-refractivity contribution in [1.82, 2.24) is 9.55 Å².